The van der Waals surface area contributed by atoms with E-state index in [0.717, 1.165) is 5.56 Å². The lowest BCUT2D eigenvalue weighted by atomic mass is 10.0. The summed E-state index contributed by atoms with van der Waals surface area (Å²) in [5, 5.41) is 25.5. The number of aliphatic hydroxyl groups is 1. The average Bonchev–Trinajstić information content (AvgIpc) is 3.12. The standard InChI is InChI=1S/C14H13FN6O/c15-10-3-1-2-9(6-10)12-7-11(22)8-20(12)14-5-4-13-16-18-19-21(13)17-14/h1-6,11-12,22H,7-8H2/t11-,12+/m1/s1. The van der Waals surface area contributed by atoms with Crippen LogP contribution in [0.2, 0.25) is 0 Å². The number of rotatable bonds is 2. The molecule has 1 N–H and O–H groups in total. The molecule has 1 saturated heterocycles. The fourth-order valence-corrected chi connectivity index (χ4v) is 2.89. The monoisotopic (exact) mass is 300 g/mol. The molecule has 3 aromatic rings. The fraction of sp³-hybridized carbons (Fsp3) is 0.286. The molecule has 112 valence electrons. The predicted octanol–water partition coefficient (Wildman–Crippen LogP) is 0.971. The van der Waals surface area contributed by atoms with Gasteiger partial charge in [-0.3, -0.25) is 0 Å². The number of benzene rings is 1. The second-order valence-electron chi connectivity index (χ2n) is 5.33. The average molecular weight is 300 g/mol. The zero-order valence-corrected chi connectivity index (χ0v) is 11.5. The first-order chi connectivity index (χ1) is 10.7. The Labute approximate surface area is 125 Å². The number of fused-ring (bicyclic) bond motifs is 1. The lowest BCUT2D eigenvalue weighted by Gasteiger charge is -2.25. The molecule has 7 nitrogen and oxygen atoms in total. The molecule has 0 aliphatic carbocycles. The minimum absolute atomic E-state index is 0.132. The van der Waals surface area contributed by atoms with Crippen molar-refractivity contribution < 1.29 is 9.50 Å². The molecule has 0 amide bonds. The Balaban J connectivity index is 1.74. The Hall–Kier alpha value is -2.61. The molecular formula is C14H13FN6O. The highest BCUT2D eigenvalue weighted by atomic mass is 19.1. The van der Waals surface area contributed by atoms with Gasteiger partial charge in [0.25, 0.3) is 0 Å². The topological polar surface area (TPSA) is 79.4 Å². The summed E-state index contributed by atoms with van der Waals surface area (Å²) in [4.78, 5) is 1.94. The second-order valence-corrected chi connectivity index (χ2v) is 5.33. The molecule has 4 rings (SSSR count). The molecule has 3 heterocycles. The van der Waals surface area contributed by atoms with Crippen LogP contribution < -0.4 is 4.90 Å². The van der Waals surface area contributed by atoms with E-state index in [4.69, 9.17) is 0 Å². The molecule has 2 atom stereocenters. The van der Waals surface area contributed by atoms with E-state index in [9.17, 15) is 9.50 Å². The minimum atomic E-state index is -0.486. The Bertz CT molecular complexity index is 822. The zero-order chi connectivity index (χ0) is 15.1. The van der Waals surface area contributed by atoms with Gasteiger partial charge in [0.2, 0.25) is 0 Å². The summed E-state index contributed by atoms with van der Waals surface area (Å²) in [6, 6.07) is 9.86. The Kier molecular flexibility index (Phi) is 2.97. The van der Waals surface area contributed by atoms with Crippen molar-refractivity contribution in [1.82, 2.24) is 25.3 Å². The molecule has 1 aliphatic heterocycles. The van der Waals surface area contributed by atoms with Gasteiger partial charge in [0.15, 0.2) is 11.5 Å². The van der Waals surface area contributed by atoms with Crippen molar-refractivity contribution in [3.05, 3.63) is 47.8 Å². The number of nitrogens with zero attached hydrogens (tertiary/aromatic N) is 6. The smallest absolute Gasteiger partial charge is 0.200 e. The van der Waals surface area contributed by atoms with Gasteiger partial charge in [-0.05, 0) is 46.7 Å². The van der Waals surface area contributed by atoms with E-state index in [1.165, 1.54) is 16.8 Å². The maximum Gasteiger partial charge on any atom is 0.200 e. The summed E-state index contributed by atoms with van der Waals surface area (Å²) in [7, 11) is 0. The summed E-state index contributed by atoms with van der Waals surface area (Å²) in [5.41, 5.74) is 1.36. The number of β-amino-alcohol motifs (C(OH)–C–C–N with tert-alkyl or cyclic N) is 1. The van der Waals surface area contributed by atoms with Crippen molar-refractivity contribution in [2.45, 2.75) is 18.6 Å². The molecule has 0 saturated carbocycles. The van der Waals surface area contributed by atoms with Crippen LogP contribution >= 0.6 is 0 Å². The SMILES string of the molecule is O[C@@H]1C[C@@H](c2cccc(F)c2)N(c2ccc3nnnn3n2)C1. The first-order valence-corrected chi connectivity index (χ1v) is 6.96. The van der Waals surface area contributed by atoms with Gasteiger partial charge in [-0.1, -0.05) is 12.1 Å². The van der Waals surface area contributed by atoms with Crippen molar-refractivity contribution in [3.63, 3.8) is 0 Å². The number of tetrazole rings is 1. The number of aromatic nitrogens is 5. The first-order valence-electron chi connectivity index (χ1n) is 6.96. The summed E-state index contributed by atoms with van der Waals surface area (Å²) >= 11 is 0. The van der Waals surface area contributed by atoms with E-state index in [0.29, 0.717) is 24.4 Å². The highest BCUT2D eigenvalue weighted by Gasteiger charge is 2.33. The quantitative estimate of drug-likeness (QED) is 0.759. The largest absolute Gasteiger partial charge is 0.391 e. The van der Waals surface area contributed by atoms with Crippen molar-refractivity contribution >= 4 is 11.5 Å². The lowest BCUT2D eigenvalue weighted by Crippen LogP contribution is -2.26. The van der Waals surface area contributed by atoms with Crippen LogP contribution in [0, 0.1) is 5.82 Å². The van der Waals surface area contributed by atoms with Crippen LogP contribution in [-0.2, 0) is 0 Å². The highest BCUT2D eigenvalue weighted by Crippen LogP contribution is 2.35. The molecule has 2 aromatic heterocycles. The second kappa shape index (κ2) is 4.99. The summed E-state index contributed by atoms with van der Waals surface area (Å²) in [6.45, 7) is 0.432. The van der Waals surface area contributed by atoms with E-state index in [-0.39, 0.29) is 11.9 Å². The molecule has 1 aromatic carbocycles. The van der Waals surface area contributed by atoms with Crippen LogP contribution in [0.3, 0.4) is 0 Å². The normalized spacial score (nSPS) is 21.6. The van der Waals surface area contributed by atoms with E-state index in [1.807, 2.05) is 11.0 Å². The van der Waals surface area contributed by atoms with Gasteiger partial charge in [-0.2, -0.15) is 0 Å². The molecule has 0 bridgehead atoms. The number of hydrogen-bond donors (Lipinski definition) is 1. The van der Waals surface area contributed by atoms with Gasteiger partial charge in [-0.15, -0.1) is 14.8 Å². The molecule has 0 unspecified atom stereocenters. The van der Waals surface area contributed by atoms with Crippen molar-refractivity contribution in [2.24, 2.45) is 0 Å². The van der Waals surface area contributed by atoms with Gasteiger partial charge in [0.1, 0.15) is 5.82 Å². The maximum atomic E-state index is 13.5. The first kappa shape index (κ1) is 13.1. The van der Waals surface area contributed by atoms with Crippen LogP contribution in [-0.4, -0.2) is 43.0 Å². The van der Waals surface area contributed by atoms with Crippen LogP contribution in [0.1, 0.15) is 18.0 Å². The van der Waals surface area contributed by atoms with Gasteiger partial charge in [0.05, 0.1) is 12.1 Å². The van der Waals surface area contributed by atoms with Crippen LogP contribution in [0.15, 0.2) is 36.4 Å². The van der Waals surface area contributed by atoms with E-state index in [1.54, 1.807) is 18.2 Å². The van der Waals surface area contributed by atoms with Crippen LogP contribution in [0.4, 0.5) is 10.2 Å². The Morgan fingerprint density at radius 3 is 3.00 bits per heavy atom. The molecular weight excluding hydrogens is 287 g/mol. The van der Waals surface area contributed by atoms with E-state index >= 15 is 0 Å². The summed E-state index contributed by atoms with van der Waals surface area (Å²) in [6.07, 6.45) is 0.0401. The maximum absolute atomic E-state index is 13.5. The summed E-state index contributed by atoms with van der Waals surface area (Å²) < 4.78 is 14.8. The highest BCUT2D eigenvalue weighted by molar-refractivity contribution is 5.48. The third-order valence-corrected chi connectivity index (χ3v) is 3.86. The molecule has 1 fully saturated rings. The van der Waals surface area contributed by atoms with Gasteiger partial charge in [0, 0.05) is 6.54 Å². The van der Waals surface area contributed by atoms with Gasteiger partial charge < -0.3 is 10.0 Å². The number of aliphatic hydroxyl groups excluding tert-OH is 1. The number of hydrogen-bond acceptors (Lipinski definition) is 6. The number of anilines is 1. The fourth-order valence-electron chi connectivity index (χ4n) is 2.89. The zero-order valence-electron chi connectivity index (χ0n) is 11.5. The molecule has 8 heteroatoms. The Morgan fingerprint density at radius 2 is 2.14 bits per heavy atom. The van der Waals surface area contributed by atoms with Gasteiger partial charge >= 0.3 is 0 Å². The molecule has 1 aliphatic rings. The van der Waals surface area contributed by atoms with Crippen LogP contribution in [0.5, 0.6) is 0 Å². The number of halogens is 1. The minimum Gasteiger partial charge on any atom is -0.391 e. The Morgan fingerprint density at radius 1 is 1.23 bits per heavy atom. The molecule has 22 heavy (non-hydrogen) atoms. The van der Waals surface area contributed by atoms with Crippen molar-refractivity contribution in [1.29, 1.82) is 0 Å². The van der Waals surface area contributed by atoms with Crippen LogP contribution in [0.25, 0.3) is 5.65 Å². The van der Waals surface area contributed by atoms with Crippen molar-refractivity contribution in [3.8, 4) is 0 Å². The third kappa shape index (κ3) is 2.17. The van der Waals surface area contributed by atoms with Gasteiger partial charge in [-0.25, -0.2) is 4.39 Å². The van der Waals surface area contributed by atoms with E-state index < -0.39 is 6.10 Å². The lowest BCUT2D eigenvalue weighted by molar-refractivity contribution is 0.194. The van der Waals surface area contributed by atoms with E-state index in [2.05, 4.69) is 20.6 Å². The summed E-state index contributed by atoms with van der Waals surface area (Å²) in [5.74, 6) is 0.355. The predicted molar refractivity (Wildman–Crippen MR) is 75.7 cm³/mol. The molecule has 0 spiro atoms. The molecule has 0 radical (unpaired) electrons. The van der Waals surface area contributed by atoms with Crippen molar-refractivity contribution in [2.75, 3.05) is 11.4 Å². The third-order valence-electron chi connectivity index (χ3n) is 3.86.